The molecule has 0 spiro atoms. The first-order valence-electron chi connectivity index (χ1n) is 29.6. The molecular formula is C82H66N4. The smallest absolute Gasteiger partial charge is 0.0737 e. The van der Waals surface area contributed by atoms with Crippen molar-refractivity contribution in [3.63, 3.8) is 0 Å². The number of nitrogens with zero attached hydrogens (tertiary/aromatic N) is 2. The van der Waals surface area contributed by atoms with E-state index >= 15 is 0 Å². The maximum absolute atomic E-state index is 5.67. The van der Waals surface area contributed by atoms with Gasteiger partial charge in [0.15, 0.2) is 0 Å². The molecule has 2 aliphatic rings. The van der Waals surface area contributed by atoms with E-state index in [1.165, 1.54) is 55.6 Å². The summed E-state index contributed by atoms with van der Waals surface area (Å²) >= 11 is 0. The van der Waals surface area contributed by atoms with Gasteiger partial charge < -0.3 is 9.97 Å². The van der Waals surface area contributed by atoms with Crippen molar-refractivity contribution in [3.8, 4) is 44.5 Å². The standard InChI is InChI=1S/C82H66N4/c1-53-49-55(3)77(56(4)50-53)81-73-45-41-69(83-73)79(67-37-33-65(34-38-67)31-29-63-25-21-61(22-26-63)19-17-59-13-9-7-10-14-59)71-43-47-75(85-71)82(78-57(5)51-54(2)52-58(78)6)76-48-44-72(86-76)80(70-42-46-74(81)84-70)68-39-35-66(36-40-68)32-30-64-27-23-62(24-28-64)20-18-60-15-11-8-12-16-60/h7-52,83,86H,1-6H3/b19-17+,20-18+,31-29+,32-30+,79-69?,79-71?,80-70?,80-72?,81-73?,81-74?,82-75?,82-76?. The first kappa shape index (κ1) is 54.6. The van der Waals surface area contributed by atoms with Crippen molar-refractivity contribution >= 4 is 95.0 Å². The van der Waals surface area contributed by atoms with Crippen LogP contribution in [0.2, 0.25) is 0 Å². The van der Waals surface area contributed by atoms with Crippen LogP contribution in [0.1, 0.15) is 101 Å². The topological polar surface area (TPSA) is 57.4 Å². The van der Waals surface area contributed by atoms with Crippen molar-refractivity contribution in [1.82, 2.24) is 19.9 Å². The van der Waals surface area contributed by atoms with Crippen LogP contribution >= 0.6 is 0 Å². The van der Waals surface area contributed by atoms with Gasteiger partial charge in [-0.15, -0.1) is 0 Å². The van der Waals surface area contributed by atoms with Crippen LogP contribution in [0, 0.1) is 41.5 Å². The van der Waals surface area contributed by atoms with Gasteiger partial charge in [-0.3, -0.25) is 0 Å². The van der Waals surface area contributed by atoms with Crippen LogP contribution in [0.3, 0.4) is 0 Å². The molecule has 0 unspecified atom stereocenters. The Morgan fingerprint density at radius 2 is 0.477 bits per heavy atom. The summed E-state index contributed by atoms with van der Waals surface area (Å²) in [6, 6.07) is 73.9. The van der Waals surface area contributed by atoms with E-state index < -0.39 is 0 Å². The summed E-state index contributed by atoms with van der Waals surface area (Å²) in [7, 11) is 0. The highest BCUT2D eigenvalue weighted by Gasteiger charge is 2.22. The number of aryl methyl sites for hydroxylation is 6. The summed E-state index contributed by atoms with van der Waals surface area (Å²) in [6.45, 7) is 13.2. The van der Waals surface area contributed by atoms with Gasteiger partial charge in [0.25, 0.3) is 0 Å². The zero-order valence-corrected chi connectivity index (χ0v) is 49.5. The lowest BCUT2D eigenvalue weighted by Crippen LogP contribution is -1.95. The second-order valence-corrected chi connectivity index (χ2v) is 22.8. The van der Waals surface area contributed by atoms with Crippen LogP contribution in [0.25, 0.3) is 139 Å². The van der Waals surface area contributed by atoms with Crippen molar-refractivity contribution < 1.29 is 0 Å². The number of H-pyrrole nitrogens is 2. The molecule has 4 nitrogen and oxygen atoms in total. The number of hydrogen-bond acceptors (Lipinski definition) is 2. The molecule has 0 aliphatic carbocycles. The lowest BCUT2D eigenvalue weighted by Gasteiger charge is -2.13. The number of nitrogens with one attached hydrogen (secondary N) is 2. The predicted octanol–water partition coefficient (Wildman–Crippen LogP) is 21.9. The summed E-state index contributed by atoms with van der Waals surface area (Å²) in [5.41, 5.74) is 32.4. The van der Waals surface area contributed by atoms with Gasteiger partial charge in [0.05, 0.1) is 22.8 Å². The molecule has 5 heterocycles. The summed E-state index contributed by atoms with van der Waals surface area (Å²) in [6.07, 6.45) is 26.1. The Morgan fingerprint density at radius 1 is 0.244 bits per heavy atom. The van der Waals surface area contributed by atoms with Gasteiger partial charge in [-0.05, 0) is 179 Å². The van der Waals surface area contributed by atoms with Crippen LogP contribution < -0.4 is 0 Å². The Kier molecular flexibility index (Phi) is 15.2. The monoisotopic (exact) mass is 1110 g/mol. The van der Waals surface area contributed by atoms with Gasteiger partial charge in [-0.25, -0.2) is 9.97 Å². The normalized spacial score (nSPS) is 12.3. The maximum atomic E-state index is 5.67. The van der Waals surface area contributed by atoms with E-state index in [-0.39, 0.29) is 0 Å². The van der Waals surface area contributed by atoms with Crippen LogP contribution in [-0.2, 0) is 0 Å². The highest BCUT2D eigenvalue weighted by atomic mass is 14.8. The third-order valence-electron chi connectivity index (χ3n) is 16.4. The summed E-state index contributed by atoms with van der Waals surface area (Å²) in [5, 5.41) is 0. The predicted molar refractivity (Wildman–Crippen MR) is 371 cm³/mol. The highest BCUT2D eigenvalue weighted by Crippen LogP contribution is 2.41. The molecular weight excluding hydrogens is 1040 g/mol. The van der Waals surface area contributed by atoms with Crippen molar-refractivity contribution in [2.75, 3.05) is 0 Å². The van der Waals surface area contributed by atoms with Crippen LogP contribution in [0.15, 0.2) is 206 Å². The molecule has 8 aromatic carbocycles. The minimum atomic E-state index is 0.879. The fraction of sp³-hybridized carbons (Fsp3) is 0.0732. The molecule has 2 aliphatic heterocycles. The molecule has 11 aromatic rings. The van der Waals surface area contributed by atoms with E-state index in [0.717, 1.165) is 112 Å². The van der Waals surface area contributed by atoms with Crippen molar-refractivity contribution in [3.05, 3.63) is 307 Å². The molecule has 13 rings (SSSR count). The molecule has 0 amide bonds. The minimum absolute atomic E-state index is 0.879. The summed E-state index contributed by atoms with van der Waals surface area (Å²) < 4.78 is 0. The number of hydrogen-bond donors (Lipinski definition) is 2. The van der Waals surface area contributed by atoms with Gasteiger partial charge in [-0.1, -0.05) is 242 Å². The van der Waals surface area contributed by atoms with Crippen LogP contribution in [0.5, 0.6) is 0 Å². The van der Waals surface area contributed by atoms with E-state index in [0.29, 0.717) is 0 Å². The molecule has 2 N–H and O–H groups in total. The number of aromatic nitrogens is 4. The zero-order valence-electron chi connectivity index (χ0n) is 49.5. The zero-order chi connectivity index (χ0) is 58.7. The number of rotatable bonds is 12. The van der Waals surface area contributed by atoms with E-state index in [9.17, 15) is 0 Å². The summed E-state index contributed by atoms with van der Waals surface area (Å²) in [5.74, 6) is 0. The van der Waals surface area contributed by atoms with Crippen molar-refractivity contribution in [2.24, 2.45) is 0 Å². The van der Waals surface area contributed by atoms with E-state index in [2.05, 4.69) is 319 Å². The van der Waals surface area contributed by atoms with Crippen LogP contribution in [0.4, 0.5) is 0 Å². The van der Waals surface area contributed by atoms with Gasteiger partial charge in [0.1, 0.15) is 0 Å². The minimum Gasteiger partial charge on any atom is -0.354 e. The largest absolute Gasteiger partial charge is 0.354 e. The van der Waals surface area contributed by atoms with E-state index in [1.54, 1.807) is 0 Å². The number of aromatic amines is 2. The highest BCUT2D eigenvalue weighted by molar-refractivity contribution is 6.01. The lowest BCUT2D eigenvalue weighted by atomic mass is 9.92. The van der Waals surface area contributed by atoms with Gasteiger partial charge >= 0.3 is 0 Å². The van der Waals surface area contributed by atoms with Crippen molar-refractivity contribution in [1.29, 1.82) is 0 Å². The second-order valence-electron chi connectivity index (χ2n) is 22.8. The molecule has 0 radical (unpaired) electrons. The Labute approximate surface area is 505 Å². The lowest BCUT2D eigenvalue weighted by molar-refractivity contribution is 1.28. The molecule has 414 valence electrons. The molecule has 86 heavy (non-hydrogen) atoms. The Hall–Kier alpha value is -10.7. The third kappa shape index (κ3) is 11.7. The van der Waals surface area contributed by atoms with Gasteiger partial charge in [0, 0.05) is 44.3 Å². The molecule has 4 heteroatoms. The fourth-order valence-electron chi connectivity index (χ4n) is 12.3. The molecule has 8 bridgehead atoms. The van der Waals surface area contributed by atoms with E-state index in [1.807, 2.05) is 12.1 Å². The molecule has 0 saturated carbocycles. The average molecular weight is 1110 g/mol. The molecule has 3 aromatic heterocycles. The van der Waals surface area contributed by atoms with Crippen molar-refractivity contribution in [2.45, 2.75) is 41.5 Å². The molecule has 0 saturated heterocycles. The fourth-order valence-corrected chi connectivity index (χ4v) is 12.3. The molecule has 0 atom stereocenters. The second kappa shape index (κ2) is 23.9. The SMILES string of the molecule is Cc1cc(C)c(-c2c3nc(c(-c4ccc(/C=C/c5ccc(/C=C/c6ccccc6)cc5)cc4)c4ccc([nH]4)c(-c4c(C)cc(C)cc4C)c4nc(c(-c5ccc(/C=C/c6ccc(/C=C/c7ccccc7)cc6)cc5)c5ccc2[nH]5)C=C4)C=C3)c(C)c1. The Balaban J connectivity index is 0.951. The first-order valence-corrected chi connectivity index (χ1v) is 29.6. The summed E-state index contributed by atoms with van der Waals surface area (Å²) in [4.78, 5) is 19.3. The van der Waals surface area contributed by atoms with Gasteiger partial charge in [0.2, 0.25) is 0 Å². The maximum Gasteiger partial charge on any atom is 0.0737 e. The van der Waals surface area contributed by atoms with Gasteiger partial charge in [-0.2, -0.15) is 0 Å². The quantitative estimate of drug-likeness (QED) is 0.120. The Bertz CT molecular complexity index is 4380. The Morgan fingerprint density at radius 3 is 0.756 bits per heavy atom. The third-order valence-corrected chi connectivity index (χ3v) is 16.4. The average Bonchev–Trinajstić information content (AvgIpc) is 2.43. The number of benzene rings is 8. The molecule has 0 fully saturated rings. The number of fused-ring (bicyclic) bond motifs is 8. The van der Waals surface area contributed by atoms with E-state index in [4.69, 9.17) is 9.97 Å². The first-order chi connectivity index (χ1) is 42.0. The van der Waals surface area contributed by atoms with Crippen LogP contribution in [-0.4, -0.2) is 19.9 Å².